The maximum absolute atomic E-state index is 12.9. The van der Waals surface area contributed by atoms with Crippen molar-refractivity contribution in [2.45, 2.75) is 12.5 Å². The van der Waals surface area contributed by atoms with E-state index in [1.54, 1.807) is 0 Å². The van der Waals surface area contributed by atoms with Crippen molar-refractivity contribution in [2.75, 3.05) is 0 Å². The molecule has 0 bridgehead atoms. The van der Waals surface area contributed by atoms with E-state index in [1.807, 2.05) is 0 Å². The molecule has 0 aliphatic heterocycles. The molecule has 0 aromatic heterocycles. The Kier molecular flexibility index (Phi) is 8.38. The van der Waals surface area contributed by atoms with Crippen LogP contribution in [-0.4, -0.2) is 58.7 Å². The van der Waals surface area contributed by atoms with Crippen LogP contribution in [0.1, 0.15) is 16.7 Å². The average Bonchev–Trinajstić information content (AvgIpc) is 2.87. The van der Waals surface area contributed by atoms with E-state index in [0.29, 0.717) is 5.56 Å². The number of nitrogens with one attached hydrogen (secondary N) is 2. The van der Waals surface area contributed by atoms with Gasteiger partial charge in [-0.2, -0.15) is 0 Å². The third-order valence-corrected chi connectivity index (χ3v) is 5.32. The van der Waals surface area contributed by atoms with E-state index >= 15 is 0 Å². The summed E-state index contributed by atoms with van der Waals surface area (Å²) >= 11 is 0. The van der Waals surface area contributed by atoms with Crippen LogP contribution in [0.4, 0.5) is 0 Å². The fraction of sp³-hybridized carbons (Fsp3) is 0.0769. The van der Waals surface area contributed by atoms with Gasteiger partial charge in [-0.3, -0.25) is 9.59 Å². The second-order valence-corrected chi connectivity index (χ2v) is 8.30. The number of nitrogens with two attached hydrogens (primary N) is 1. The lowest BCUT2D eigenvalue weighted by Crippen LogP contribution is -2.44. The van der Waals surface area contributed by atoms with Gasteiger partial charge >= 0.3 is 0 Å². The van der Waals surface area contributed by atoms with Gasteiger partial charge in [0.05, 0.1) is 6.04 Å². The Morgan fingerprint density at radius 1 is 0.744 bits per heavy atom. The van der Waals surface area contributed by atoms with Crippen LogP contribution in [0.15, 0.2) is 54.4 Å². The molecule has 0 radical (unpaired) electrons. The highest BCUT2D eigenvalue weighted by Crippen LogP contribution is 2.36. The maximum atomic E-state index is 12.9. The number of amides is 2. The Morgan fingerprint density at radius 3 is 1.82 bits per heavy atom. The number of benzene rings is 3. The molecule has 0 saturated carbocycles. The molecule has 0 fully saturated rings. The van der Waals surface area contributed by atoms with Gasteiger partial charge in [0, 0.05) is 6.20 Å². The molecule has 0 spiro atoms. The lowest BCUT2D eigenvalue weighted by Gasteiger charge is -2.15. The molecule has 204 valence electrons. The lowest BCUT2D eigenvalue weighted by atomic mass is 10.0. The maximum Gasteiger partial charge on any atom is 0.271 e. The Hall–Kier alpha value is -5.56. The summed E-state index contributed by atoms with van der Waals surface area (Å²) in [7, 11) is 0. The first-order valence-corrected chi connectivity index (χ1v) is 11.1. The Balaban J connectivity index is 1.84. The molecule has 0 unspecified atom stereocenters. The van der Waals surface area contributed by atoms with Crippen molar-refractivity contribution in [3.8, 4) is 46.0 Å². The molecule has 1 atom stereocenters. The summed E-state index contributed by atoms with van der Waals surface area (Å²) in [4.78, 5) is 25.7. The topological polar surface area (TPSA) is 246 Å². The minimum absolute atomic E-state index is 0.0163. The normalized spacial score (nSPS) is 12.3. The van der Waals surface area contributed by atoms with Crippen LogP contribution < -0.4 is 16.4 Å². The minimum atomic E-state index is -1.22. The summed E-state index contributed by atoms with van der Waals surface area (Å²) in [6, 6.07) is 6.92. The highest BCUT2D eigenvalue weighted by Gasteiger charge is 2.20. The fourth-order valence-corrected chi connectivity index (χ4v) is 3.31. The molecule has 3 aromatic rings. The molecule has 0 aliphatic carbocycles. The Morgan fingerprint density at radius 2 is 1.28 bits per heavy atom. The van der Waals surface area contributed by atoms with Gasteiger partial charge in [-0.05, 0) is 71.7 Å². The molecule has 0 heterocycles. The predicted octanol–water partition coefficient (Wildman–Crippen LogP) is 1.15. The van der Waals surface area contributed by atoms with Crippen molar-refractivity contribution in [3.63, 3.8) is 0 Å². The van der Waals surface area contributed by atoms with Gasteiger partial charge in [0.2, 0.25) is 5.91 Å². The van der Waals surface area contributed by atoms with Crippen LogP contribution in [0, 0.1) is 0 Å². The number of rotatable bonds is 8. The molecule has 13 heteroatoms. The number of phenols is 8. The lowest BCUT2D eigenvalue weighted by molar-refractivity contribution is -0.124. The average molecular weight is 539 g/mol. The highest BCUT2D eigenvalue weighted by molar-refractivity contribution is 6.02. The number of aromatic hydroxyl groups is 8. The SMILES string of the molecule is N[C@@H](Cc1ccc(O)c(O)c1)C(=O)NC(=Cc1cc(O)c(O)c(O)c1)C(=O)NC=Cc1cc(O)c(O)c(O)c1. The van der Waals surface area contributed by atoms with Crippen LogP contribution in [0.25, 0.3) is 12.2 Å². The minimum Gasteiger partial charge on any atom is -0.504 e. The largest absolute Gasteiger partial charge is 0.504 e. The van der Waals surface area contributed by atoms with Crippen LogP contribution in [0.2, 0.25) is 0 Å². The zero-order valence-electron chi connectivity index (χ0n) is 20.0. The monoisotopic (exact) mass is 539 g/mol. The Labute approximate surface area is 220 Å². The number of hydrogen-bond acceptors (Lipinski definition) is 11. The molecule has 13 nitrogen and oxygen atoms in total. The number of carbonyl (C=O) groups excluding carboxylic acids is 2. The standard InChI is InChI=1S/C26H25N3O10/c27-15(5-12-1-2-17(30)18(31)7-12)25(38)29-16(6-14-10-21(34)24(37)22(35)11-14)26(39)28-4-3-13-8-19(32)23(36)20(33)9-13/h1-4,6-11,15,30-37H,5,27H2,(H,28,39)(H,29,38)/t15-/m0/s1. The molecular weight excluding hydrogens is 514 g/mol. The molecule has 3 aromatic carbocycles. The van der Waals surface area contributed by atoms with Crippen molar-refractivity contribution in [2.24, 2.45) is 5.73 Å². The summed E-state index contributed by atoms with van der Waals surface area (Å²) < 4.78 is 0. The van der Waals surface area contributed by atoms with E-state index in [2.05, 4.69) is 10.6 Å². The Bertz CT molecular complexity index is 1440. The summed E-state index contributed by atoms with van der Waals surface area (Å²) in [6.07, 6.45) is 3.37. The van der Waals surface area contributed by atoms with E-state index in [0.717, 1.165) is 36.5 Å². The summed E-state index contributed by atoms with van der Waals surface area (Å²) in [5, 5.41) is 81.6. The first-order valence-electron chi connectivity index (χ1n) is 11.1. The molecule has 0 saturated heterocycles. The highest BCUT2D eigenvalue weighted by atomic mass is 16.3. The smallest absolute Gasteiger partial charge is 0.271 e. The molecule has 3 rings (SSSR count). The zero-order valence-corrected chi connectivity index (χ0v) is 20.0. The van der Waals surface area contributed by atoms with E-state index in [9.17, 15) is 50.4 Å². The van der Waals surface area contributed by atoms with Crippen molar-refractivity contribution < 1.29 is 50.4 Å². The summed E-state index contributed by atoms with van der Waals surface area (Å²) in [6.45, 7) is 0. The molecule has 39 heavy (non-hydrogen) atoms. The van der Waals surface area contributed by atoms with E-state index in [1.165, 1.54) is 24.3 Å². The van der Waals surface area contributed by atoms with E-state index < -0.39 is 63.8 Å². The van der Waals surface area contributed by atoms with Gasteiger partial charge in [-0.1, -0.05) is 6.07 Å². The van der Waals surface area contributed by atoms with E-state index in [-0.39, 0.29) is 23.3 Å². The van der Waals surface area contributed by atoms with Gasteiger partial charge in [0.1, 0.15) is 5.70 Å². The van der Waals surface area contributed by atoms with Gasteiger partial charge in [-0.15, -0.1) is 0 Å². The van der Waals surface area contributed by atoms with Gasteiger partial charge in [0.25, 0.3) is 5.91 Å². The first kappa shape index (κ1) is 28.0. The van der Waals surface area contributed by atoms with Gasteiger partial charge in [0.15, 0.2) is 46.0 Å². The van der Waals surface area contributed by atoms with Gasteiger partial charge in [-0.25, -0.2) is 0 Å². The van der Waals surface area contributed by atoms with Crippen LogP contribution in [0.3, 0.4) is 0 Å². The van der Waals surface area contributed by atoms with E-state index in [4.69, 9.17) is 5.73 Å². The fourth-order valence-electron chi connectivity index (χ4n) is 3.31. The second kappa shape index (κ2) is 11.7. The number of phenolic OH excluding ortho intramolecular Hbond substituents is 8. The second-order valence-electron chi connectivity index (χ2n) is 8.30. The quantitative estimate of drug-likeness (QED) is 0.143. The molecule has 0 aliphatic rings. The molecule has 2 amide bonds. The van der Waals surface area contributed by atoms with Crippen LogP contribution in [-0.2, 0) is 16.0 Å². The third-order valence-electron chi connectivity index (χ3n) is 5.32. The van der Waals surface area contributed by atoms with Crippen LogP contribution >= 0.6 is 0 Å². The predicted molar refractivity (Wildman–Crippen MR) is 138 cm³/mol. The summed E-state index contributed by atoms with van der Waals surface area (Å²) in [5.41, 5.74) is 6.19. The zero-order chi connectivity index (χ0) is 28.9. The van der Waals surface area contributed by atoms with Crippen LogP contribution in [0.5, 0.6) is 46.0 Å². The van der Waals surface area contributed by atoms with Crippen molar-refractivity contribution in [1.29, 1.82) is 0 Å². The molecule has 12 N–H and O–H groups in total. The van der Waals surface area contributed by atoms with Gasteiger partial charge < -0.3 is 57.2 Å². The number of carbonyl (C=O) groups is 2. The first-order chi connectivity index (χ1) is 18.3. The van der Waals surface area contributed by atoms with Crippen molar-refractivity contribution in [1.82, 2.24) is 10.6 Å². The third kappa shape index (κ3) is 7.02. The number of hydrogen-bond donors (Lipinski definition) is 11. The summed E-state index contributed by atoms with van der Waals surface area (Å²) in [5.74, 6) is -6.58. The molecular formula is C26H25N3O10. The van der Waals surface area contributed by atoms with Crippen molar-refractivity contribution in [3.05, 3.63) is 71.1 Å². The van der Waals surface area contributed by atoms with Crippen molar-refractivity contribution >= 4 is 24.0 Å².